The highest BCUT2D eigenvalue weighted by Crippen LogP contribution is 2.32. The second-order valence-electron chi connectivity index (χ2n) is 9.05. The summed E-state index contributed by atoms with van der Waals surface area (Å²) in [4.78, 5) is 11.6. The van der Waals surface area contributed by atoms with E-state index in [4.69, 9.17) is 4.74 Å². The molecule has 0 aliphatic rings. The highest BCUT2D eigenvalue weighted by molar-refractivity contribution is 6.09. The molecule has 188 valence electrons. The number of ether oxygens (including phenoxy) is 1. The SMILES string of the molecule is CCCCCCNC(=O)OCCCCC#CC#Cc1ccc2c(c1)c1ccccc1n2-c1ccccc1. The number of fused-ring (bicyclic) bond motifs is 3. The van der Waals surface area contributed by atoms with Crippen LogP contribution in [0.15, 0.2) is 72.8 Å². The third-order valence-corrected chi connectivity index (χ3v) is 6.27. The fraction of sp³-hybridized carbons (Fsp3) is 0.303. The van der Waals surface area contributed by atoms with E-state index < -0.39 is 0 Å². The number of amides is 1. The van der Waals surface area contributed by atoms with Gasteiger partial charge in [-0.2, -0.15) is 0 Å². The zero-order valence-electron chi connectivity index (χ0n) is 21.6. The Morgan fingerprint density at radius 1 is 0.838 bits per heavy atom. The highest BCUT2D eigenvalue weighted by atomic mass is 16.5. The van der Waals surface area contributed by atoms with E-state index in [0.717, 1.165) is 48.9 Å². The molecule has 3 aromatic carbocycles. The summed E-state index contributed by atoms with van der Waals surface area (Å²) in [6.45, 7) is 3.28. The van der Waals surface area contributed by atoms with E-state index >= 15 is 0 Å². The van der Waals surface area contributed by atoms with Crippen molar-refractivity contribution in [1.82, 2.24) is 9.88 Å². The number of benzene rings is 3. The van der Waals surface area contributed by atoms with Gasteiger partial charge in [-0.3, -0.25) is 0 Å². The van der Waals surface area contributed by atoms with Gasteiger partial charge in [-0.1, -0.05) is 74.4 Å². The fourth-order valence-corrected chi connectivity index (χ4v) is 4.39. The van der Waals surface area contributed by atoms with Gasteiger partial charge in [0.1, 0.15) is 0 Å². The number of carbonyl (C=O) groups is 1. The summed E-state index contributed by atoms with van der Waals surface area (Å²) >= 11 is 0. The highest BCUT2D eigenvalue weighted by Gasteiger charge is 2.11. The predicted octanol–water partition coefficient (Wildman–Crippen LogP) is 7.62. The van der Waals surface area contributed by atoms with Gasteiger partial charge in [0.05, 0.1) is 17.6 Å². The van der Waals surface area contributed by atoms with Crippen LogP contribution in [0.5, 0.6) is 0 Å². The molecule has 0 spiro atoms. The minimum absolute atomic E-state index is 0.322. The van der Waals surface area contributed by atoms with E-state index in [1.807, 2.05) is 6.07 Å². The lowest BCUT2D eigenvalue weighted by molar-refractivity contribution is 0.144. The van der Waals surface area contributed by atoms with Crippen molar-refractivity contribution in [1.29, 1.82) is 0 Å². The summed E-state index contributed by atoms with van der Waals surface area (Å²) < 4.78 is 7.50. The summed E-state index contributed by atoms with van der Waals surface area (Å²) in [5.41, 5.74) is 4.44. The summed E-state index contributed by atoms with van der Waals surface area (Å²) in [5, 5.41) is 5.19. The Morgan fingerprint density at radius 3 is 2.51 bits per heavy atom. The number of rotatable bonds is 10. The molecule has 4 nitrogen and oxygen atoms in total. The number of nitrogens with zero attached hydrogens (tertiary/aromatic N) is 1. The van der Waals surface area contributed by atoms with Crippen LogP contribution in [0, 0.1) is 23.7 Å². The Hall–Kier alpha value is -4.15. The number of hydrogen-bond acceptors (Lipinski definition) is 2. The van der Waals surface area contributed by atoms with Crippen LogP contribution in [0.25, 0.3) is 27.5 Å². The van der Waals surface area contributed by atoms with Crippen LogP contribution < -0.4 is 5.32 Å². The van der Waals surface area contributed by atoms with Gasteiger partial charge in [0, 0.05) is 35.0 Å². The van der Waals surface area contributed by atoms with Gasteiger partial charge in [0.25, 0.3) is 0 Å². The van der Waals surface area contributed by atoms with Crippen LogP contribution in [0.2, 0.25) is 0 Å². The smallest absolute Gasteiger partial charge is 0.407 e. The molecule has 0 saturated carbocycles. The van der Waals surface area contributed by atoms with Crippen LogP contribution >= 0.6 is 0 Å². The number of aromatic nitrogens is 1. The number of hydrogen-bond donors (Lipinski definition) is 1. The number of nitrogens with one attached hydrogen (secondary N) is 1. The Kier molecular flexibility index (Phi) is 9.68. The second-order valence-corrected chi connectivity index (χ2v) is 9.05. The molecule has 0 bridgehead atoms. The molecule has 0 aliphatic heterocycles. The Morgan fingerprint density at radius 2 is 1.65 bits per heavy atom. The van der Waals surface area contributed by atoms with E-state index in [0.29, 0.717) is 13.2 Å². The minimum atomic E-state index is -0.322. The molecule has 0 atom stereocenters. The first kappa shape index (κ1) is 25.9. The lowest BCUT2D eigenvalue weighted by Gasteiger charge is -2.07. The number of alkyl carbamates (subject to hydrolysis) is 1. The standard InChI is InChI=1S/C33H34N2O2/c1-2-3-4-15-24-34-33(36)37-25-16-8-6-5-7-10-17-27-22-23-32-30(26-27)29-20-13-14-21-31(29)35(32)28-18-11-9-12-19-28/h9,11-14,18-23,26H,2-4,6,8,15-16,24-25H2,1H3,(H,34,36). The molecule has 1 aromatic heterocycles. The Balaban J connectivity index is 1.29. The maximum Gasteiger partial charge on any atom is 0.407 e. The molecular weight excluding hydrogens is 456 g/mol. The van der Waals surface area contributed by atoms with Crippen LogP contribution in [-0.2, 0) is 4.74 Å². The van der Waals surface area contributed by atoms with E-state index in [9.17, 15) is 4.79 Å². The van der Waals surface area contributed by atoms with Crippen molar-refractivity contribution in [2.75, 3.05) is 13.2 Å². The molecule has 4 rings (SSSR count). The van der Waals surface area contributed by atoms with Gasteiger partial charge in [-0.25, -0.2) is 4.79 Å². The molecular formula is C33H34N2O2. The maximum absolute atomic E-state index is 11.6. The lowest BCUT2D eigenvalue weighted by atomic mass is 10.1. The Labute approximate surface area is 220 Å². The van der Waals surface area contributed by atoms with Crippen LogP contribution in [-0.4, -0.2) is 23.8 Å². The van der Waals surface area contributed by atoms with Gasteiger partial charge in [0.15, 0.2) is 0 Å². The molecule has 0 fully saturated rings. The van der Waals surface area contributed by atoms with E-state index in [2.05, 4.69) is 107 Å². The molecule has 4 heteroatoms. The summed E-state index contributed by atoms with van der Waals surface area (Å²) in [5.74, 6) is 12.2. The van der Waals surface area contributed by atoms with Crippen molar-refractivity contribution in [3.63, 3.8) is 0 Å². The average Bonchev–Trinajstić information content (AvgIpc) is 3.26. The van der Waals surface area contributed by atoms with E-state index in [-0.39, 0.29) is 6.09 Å². The molecule has 37 heavy (non-hydrogen) atoms. The summed E-state index contributed by atoms with van der Waals surface area (Å²) in [6.07, 6.45) is 6.64. The first-order valence-electron chi connectivity index (χ1n) is 13.3. The molecule has 4 aromatic rings. The van der Waals surface area contributed by atoms with Gasteiger partial charge in [-0.05, 0) is 67.5 Å². The number of unbranched alkanes of at least 4 members (excludes halogenated alkanes) is 5. The Bertz CT molecular complexity index is 1450. The zero-order chi connectivity index (χ0) is 25.7. The molecule has 0 unspecified atom stereocenters. The first-order valence-corrected chi connectivity index (χ1v) is 13.3. The van der Waals surface area contributed by atoms with Crippen LogP contribution in [0.1, 0.15) is 57.4 Å². The predicted molar refractivity (Wildman–Crippen MR) is 153 cm³/mol. The van der Waals surface area contributed by atoms with Crippen molar-refractivity contribution >= 4 is 27.9 Å². The lowest BCUT2D eigenvalue weighted by Crippen LogP contribution is -2.25. The molecule has 0 saturated heterocycles. The molecule has 1 amide bonds. The topological polar surface area (TPSA) is 43.3 Å². The van der Waals surface area contributed by atoms with Crippen LogP contribution in [0.3, 0.4) is 0 Å². The minimum Gasteiger partial charge on any atom is -0.450 e. The molecule has 0 radical (unpaired) electrons. The zero-order valence-corrected chi connectivity index (χ0v) is 21.6. The third kappa shape index (κ3) is 7.18. The fourth-order valence-electron chi connectivity index (χ4n) is 4.39. The quantitative estimate of drug-likeness (QED) is 0.184. The van der Waals surface area contributed by atoms with Crippen LogP contribution in [0.4, 0.5) is 4.79 Å². The van der Waals surface area contributed by atoms with Gasteiger partial charge in [-0.15, -0.1) is 0 Å². The summed E-state index contributed by atoms with van der Waals surface area (Å²) in [7, 11) is 0. The largest absolute Gasteiger partial charge is 0.450 e. The molecule has 1 N–H and O–H groups in total. The van der Waals surface area contributed by atoms with Crippen molar-refractivity contribution in [2.24, 2.45) is 0 Å². The summed E-state index contributed by atoms with van der Waals surface area (Å²) in [6, 6.07) is 25.2. The van der Waals surface area contributed by atoms with E-state index in [1.165, 1.54) is 29.1 Å². The maximum atomic E-state index is 11.6. The van der Waals surface area contributed by atoms with Crippen molar-refractivity contribution in [3.8, 4) is 29.4 Å². The van der Waals surface area contributed by atoms with Crippen molar-refractivity contribution < 1.29 is 9.53 Å². The molecule has 1 heterocycles. The number of para-hydroxylation sites is 2. The normalized spacial score (nSPS) is 10.4. The van der Waals surface area contributed by atoms with Crippen molar-refractivity contribution in [2.45, 2.75) is 51.9 Å². The van der Waals surface area contributed by atoms with Crippen molar-refractivity contribution in [3.05, 3.63) is 78.4 Å². The number of carbonyl (C=O) groups excluding carboxylic acids is 1. The monoisotopic (exact) mass is 490 g/mol. The van der Waals surface area contributed by atoms with Gasteiger partial charge >= 0.3 is 6.09 Å². The third-order valence-electron chi connectivity index (χ3n) is 6.27. The first-order chi connectivity index (χ1) is 18.3. The second kappa shape index (κ2) is 13.8. The van der Waals surface area contributed by atoms with Gasteiger partial charge in [0.2, 0.25) is 0 Å². The average molecular weight is 491 g/mol. The van der Waals surface area contributed by atoms with E-state index in [1.54, 1.807) is 0 Å². The molecule has 0 aliphatic carbocycles. The van der Waals surface area contributed by atoms with Gasteiger partial charge < -0.3 is 14.6 Å².